The summed E-state index contributed by atoms with van der Waals surface area (Å²) in [5.41, 5.74) is 0. The molecule has 0 aromatic carbocycles. The van der Waals surface area contributed by atoms with Gasteiger partial charge in [0.05, 0.1) is 19.0 Å². The predicted molar refractivity (Wildman–Crippen MR) is 64.0 cm³/mol. The molecule has 0 atom stereocenters. The summed E-state index contributed by atoms with van der Waals surface area (Å²) in [7, 11) is -3.27. The van der Waals surface area contributed by atoms with Crippen molar-refractivity contribution in [3.63, 3.8) is 0 Å². The normalized spacial score (nSPS) is 18.3. The van der Waals surface area contributed by atoms with E-state index >= 15 is 0 Å². The monoisotopic (exact) mass is 264 g/mol. The molecular weight excluding hydrogens is 244 g/mol. The topological polar surface area (TPSA) is 75.7 Å². The Kier molecular flexibility index (Phi) is 5.35. The van der Waals surface area contributed by atoms with Gasteiger partial charge in [-0.3, -0.25) is 4.79 Å². The van der Waals surface area contributed by atoms with Crippen LogP contribution in [0.4, 0.5) is 0 Å². The average molecular weight is 264 g/mol. The molecule has 1 amide bonds. The minimum Gasteiger partial charge on any atom is -0.379 e. The summed E-state index contributed by atoms with van der Waals surface area (Å²) in [5.74, 6) is -0.297. The number of nitrogens with zero attached hydrogens (tertiary/aromatic N) is 1. The third-order valence-corrected chi connectivity index (χ3v) is 4.42. The van der Waals surface area contributed by atoms with Gasteiger partial charge in [-0.25, -0.2) is 8.42 Å². The quantitative estimate of drug-likeness (QED) is 0.721. The zero-order chi connectivity index (χ0) is 12.9. The van der Waals surface area contributed by atoms with Crippen LogP contribution in [0.2, 0.25) is 0 Å². The number of sulfonamides is 1. The molecule has 0 unspecified atom stereocenters. The van der Waals surface area contributed by atoms with Crippen LogP contribution in [0.5, 0.6) is 0 Å². The van der Waals surface area contributed by atoms with Gasteiger partial charge in [0.15, 0.2) is 0 Å². The molecule has 0 aromatic rings. The highest BCUT2D eigenvalue weighted by molar-refractivity contribution is 7.89. The molecule has 1 aliphatic rings. The largest absolute Gasteiger partial charge is 0.379 e. The van der Waals surface area contributed by atoms with Crippen molar-refractivity contribution in [1.82, 2.24) is 9.62 Å². The summed E-state index contributed by atoms with van der Waals surface area (Å²) < 4.78 is 30.2. The lowest BCUT2D eigenvalue weighted by Crippen LogP contribution is -2.44. The summed E-state index contributed by atoms with van der Waals surface area (Å²) in [5, 5.41) is 2.60. The van der Waals surface area contributed by atoms with Crippen LogP contribution in [0.15, 0.2) is 0 Å². The number of ether oxygens (including phenoxy) is 1. The Labute approximate surface area is 102 Å². The van der Waals surface area contributed by atoms with Crippen LogP contribution in [0.25, 0.3) is 0 Å². The number of morpholine rings is 1. The molecule has 0 saturated carbocycles. The van der Waals surface area contributed by atoms with Crippen LogP contribution in [0, 0.1) is 5.92 Å². The summed E-state index contributed by atoms with van der Waals surface area (Å²) in [6.45, 7) is 5.39. The van der Waals surface area contributed by atoms with Crippen LogP contribution in [0.1, 0.15) is 13.8 Å². The number of nitrogens with one attached hydrogen (secondary N) is 1. The molecule has 100 valence electrons. The molecule has 7 heteroatoms. The Morgan fingerprint density at radius 2 is 1.94 bits per heavy atom. The van der Waals surface area contributed by atoms with Crippen molar-refractivity contribution in [2.75, 3.05) is 38.6 Å². The lowest BCUT2D eigenvalue weighted by atomic mass is 10.2. The van der Waals surface area contributed by atoms with Crippen molar-refractivity contribution in [3.8, 4) is 0 Å². The number of amides is 1. The average Bonchev–Trinajstić information content (AvgIpc) is 2.29. The van der Waals surface area contributed by atoms with Crippen molar-refractivity contribution in [2.24, 2.45) is 5.92 Å². The van der Waals surface area contributed by atoms with Crippen molar-refractivity contribution in [2.45, 2.75) is 13.8 Å². The van der Waals surface area contributed by atoms with E-state index in [-0.39, 0.29) is 24.1 Å². The maximum atomic E-state index is 11.9. The molecular formula is C10H20N2O4S. The Balaban J connectivity index is 2.36. The first-order chi connectivity index (χ1) is 7.93. The molecule has 0 aromatic heterocycles. The van der Waals surface area contributed by atoms with Crippen LogP contribution >= 0.6 is 0 Å². The molecule has 6 nitrogen and oxygen atoms in total. The number of carbonyl (C=O) groups is 1. The molecule has 1 rings (SSSR count). The summed E-state index contributed by atoms with van der Waals surface area (Å²) in [6, 6.07) is 0. The molecule has 0 aliphatic carbocycles. The lowest BCUT2D eigenvalue weighted by molar-refractivity contribution is -0.123. The fourth-order valence-electron chi connectivity index (χ4n) is 1.46. The zero-order valence-electron chi connectivity index (χ0n) is 10.3. The second kappa shape index (κ2) is 6.32. The van der Waals surface area contributed by atoms with Gasteiger partial charge in [-0.1, -0.05) is 13.8 Å². The van der Waals surface area contributed by atoms with Crippen molar-refractivity contribution in [1.29, 1.82) is 0 Å². The van der Waals surface area contributed by atoms with Crippen molar-refractivity contribution >= 4 is 15.9 Å². The summed E-state index contributed by atoms with van der Waals surface area (Å²) in [4.78, 5) is 11.3. The van der Waals surface area contributed by atoms with E-state index in [0.717, 1.165) is 0 Å². The summed E-state index contributed by atoms with van der Waals surface area (Å²) >= 11 is 0. The maximum absolute atomic E-state index is 11.9. The Bertz CT molecular complexity index is 347. The molecule has 0 bridgehead atoms. The second-order valence-electron chi connectivity index (χ2n) is 4.27. The number of carbonyl (C=O) groups excluding carboxylic acids is 1. The smallest absolute Gasteiger partial charge is 0.222 e. The minimum atomic E-state index is -3.27. The zero-order valence-corrected chi connectivity index (χ0v) is 11.1. The first kappa shape index (κ1) is 14.4. The van der Waals surface area contributed by atoms with E-state index in [0.29, 0.717) is 26.3 Å². The SMILES string of the molecule is CC(C)C(=O)NCCS(=O)(=O)N1CCOCC1. The van der Waals surface area contributed by atoms with Gasteiger partial charge in [0.1, 0.15) is 0 Å². The van der Waals surface area contributed by atoms with E-state index < -0.39 is 10.0 Å². The fourth-order valence-corrected chi connectivity index (χ4v) is 2.78. The number of hydrogen-bond acceptors (Lipinski definition) is 4. The molecule has 0 spiro atoms. The van der Waals surface area contributed by atoms with Gasteiger partial charge in [-0.05, 0) is 0 Å². The predicted octanol–water partition coefficient (Wildman–Crippen LogP) is -0.579. The van der Waals surface area contributed by atoms with E-state index in [9.17, 15) is 13.2 Å². The first-order valence-electron chi connectivity index (χ1n) is 5.77. The van der Waals surface area contributed by atoms with Gasteiger partial charge >= 0.3 is 0 Å². The van der Waals surface area contributed by atoms with E-state index in [4.69, 9.17) is 4.74 Å². The molecule has 1 saturated heterocycles. The minimum absolute atomic E-state index is 0.0501. The van der Waals surface area contributed by atoms with Crippen LogP contribution in [-0.4, -0.2) is 57.2 Å². The van der Waals surface area contributed by atoms with E-state index in [2.05, 4.69) is 5.32 Å². The van der Waals surface area contributed by atoms with Gasteiger partial charge in [0.2, 0.25) is 15.9 Å². The number of hydrogen-bond donors (Lipinski definition) is 1. The molecule has 1 aliphatic heterocycles. The standard InChI is InChI=1S/C10H20N2O4S/c1-9(2)10(13)11-3-8-17(14,15)12-4-6-16-7-5-12/h9H,3-8H2,1-2H3,(H,11,13). The molecule has 1 N–H and O–H groups in total. The van der Waals surface area contributed by atoms with Gasteiger partial charge in [-0.2, -0.15) is 4.31 Å². The van der Waals surface area contributed by atoms with Gasteiger partial charge in [0, 0.05) is 25.6 Å². The molecule has 0 radical (unpaired) electrons. The second-order valence-corrected chi connectivity index (χ2v) is 6.36. The van der Waals surface area contributed by atoms with Crippen LogP contribution in [-0.2, 0) is 19.6 Å². The van der Waals surface area contributed by atoms with E-state index in [1.165, 1.54) is 4.31 Å². The Morgan fingerprint density at radius 3 is 2.47 bits per heavy atom. The van der Waals surface area contributed by atoms with Crippen LogP contribution in [0.3, 0.4) is 0 Å². The number of rotatable bonds is 5. The third-order valence-electron chi connectivity index (χ3n) is 2.55. The Hall–Kier alpha value is -0.660. The molecule has 1 heterocycles. The molecule has 17 heavy (non-hydrogen) atoms. The molecule has 1 fully saturated rings. The highest BCUT2D eigenvalue weighted by atomic mass is 32.2. The van der Waals surface area contributed by atoms with E-state index in [1.807, 2.05) is 0 Å². The maximum Gasteiger partial charge on any atom is 0.222 e. The van der Waals surface area contributed by atoms with Crippen molar-refractivity contribution in [3.05, 3.63) is 0 Å². The summed E-state index contributed by atoms with van der Waals surface area (Å²) in [6.07, 6.45) is 0. The third kappa shape index (κ3) is 4.61. The van der Waals surface area contributed by atoms with Gasteiger partial charge in [0.25, 0.3) is 0 Å². The van der Waals surface area contributed by atoms with Crippen molar-refractivity contribution < 1.29 is 17.9 Å². The highest BCUT2D eigenvalue weighted by Gasteiger charge is 2.23. The highest BCUT2D eigenvalue weighted by Crippen LogP contribution is 2.05. The van der Waals surface area contributed by atoms with Gasteiger partial charge in [-0.15, -0.1) is 0 Å². The Morgan fingerprint density at radius 1 is 1.35 bits per heavy atom. The fraction of sp³-hybridized carbons (Fsp3) is 0.900. The lowest BCUT2D eigenvalue weighted by Gasteiger charge is -2.26. The van der Waals surface area contributed by atoms with E-state index in [1.54, 1.807) is 13.8 Å². The van der Waals surface area contributed by atoms with Gasteiger partial charge < -0.3 is 10.1 Å². The first-order valence-corrected chi connectivity index (χ1v) is 7.37. The van der Waals surface area contributed by atoms with Crippen LogP contribution < -0.4 is 5.32 Å².